The van der Waals surface area contributed by atoms with Crippen molar-refractivity contribution < 1.29 is 9.90 Å². The van der Waals surface area contributed by atoms with E-state index in [1.54, 1.807) is 4.90 Å². The lowest BCUT2D eigenvalue weighted by Gasteiger charge is -2.20. The molecule has 0 radical (unpaired) electrons. The molecule has 0 spiro atoms. The number of carbonyl (C=O) groups is 1. The zero-order chi connectivity index (χ0) is 12.1. The summed E-state index contributed by atoms with van der Waals surface area (Å²) in [6.45, 7) is 7.96. The molecule has 1 amide bonds. The lowest BCUT2D eigenvalue weighted by molar-refractivity contribution is -0.126. The first-order valence-corrected chi connectivity index (χ1v) is 5.59. The average molecular weight is 225 g/mol. The normalized spacial score (nSPS) is 16.3. The Morgan fingerprint density at radius 3 is 2.50 bits per heavy atom. The van der Waals surface area contributed by atoms with E-state index in [1.807, 2.05) is 13.8 Å². The van der Waals surface area contributed by atoms with E-state index in [0.717, 1.165) is 6.54 Å². The minimum Gasteiger partial charge on any atom is -0.512 e. The van der Waals surface area contributed by atoms with Crippen molar-refractivity contribution in [1.82, 2.24) is 10.2 Å². The lowest BCUT2D eigenvalue weighted by atomic mass is 10.1. The molecule has 0 saturated carbocycles. The van der Waals surface area contributed by atoms with Gasteiger partial charge in [-0.05, 0) is 20.8 Å². The Hall–Kier alpha value is -1.52. The van der Waals surface area contributed by atoms with Crippen molar-refractivity contribution in [2.24, 2.45) is 4.99 Å². The molecule has 1 rings (SSSR count). The fourth-order valence-corrected chi connectivity index (χ4v) is 1.66. The molecule has 5 heteroatoms. The molecule has 0 aromatic rings. The van der Waals surface area contributed by atoms with Crippen molar-refractivity contribution in [1.29, 1.82) is 0 Å². The lowest BCUT2D eigenvalue weighted by Crippen LogP contribution is -2.37. The monoisotopic (exact) mass is 225 g/mol. The number of likely N-dealkylation sites (N-methyl/N-ethyl adjacent to an activating group) is 1. The van der Waals surface area contributed by atoms with Gasteiger partial charge in [-0.1, -0.05) is 0 Å². The summed E-state index contributed by atoms with van der Waals surface area (Å²) in [5.74, 6) is 0.361. The van der Waals surface area contributed by atoms with Gasteiger partial charge in [0.2, 0.25) is 0 Å². The molecule has 16 heavy (non-hydrogen) atoms. The first-order valence-electron chi connectivity index (χ1n) is 5.59. The van der Waals surface area contributed by atoms with Crippen LogP contribution < -0.4 is 5.32 Å². The van der Waals surface area contributed by atoms with Gasteiger partial charge >= 0.3 is 0 Å². The van der Waals surface area contributed by atoms with Crippen molar-refractivity contribution in [3.05, 3.63) is 11.3 Å². The van der Waals surface area contributed by atoms with Gasteiger partial charge in [-0.3, -0.25) is 9.79 Å². The summed E-state index contributed by atoms with van der Waals surface area (Å²) in [6, 6.07) is 0. The summed E-state index contributed by atoms with van der Waals surface area (Å²) in [5, 5.41) is 12.6. The van der Waals surface area contributed by atoms with Gasteiger partial charge in [0, 0.05) is 19.6 Å². The van der Waals surface area contributed by atoms with Gasteiger partial charge in [-0.2, -0.15) is 0 Å². The van der Waals surface area contributed by atoms with Crippen molar-refractivity contribution >= 4 is 11.7 Å². The fraction of sp³-hybridized carbons (Fsp3) is 0.636. The minimum atomic E-state index is -0.168. The molecule has 1 aliphatic rings. The number of hydrogen-bond acceptors (Lipinski definition) is 4. The molecular formula is C11H19N3O2. The van der Waals surface area contributed by atoms with Gasteiger partial charge in [0.15, 0.2) is 0 Å². The zero-order valence-electron chi connectivity index (χ0n) is 10.1. The van der Waals surface area contributed by atoms with Gasteiger partial charge in [0.25, 0.3) is 5.91 Å². The summed E-state index contributed by atoms with van der Waals surface area (Å²) < 4.78 is 0. The predicted octanol–water partition coefficient (Wildman–Crippen LogP) is 0.689. The number of aliphatic hydroxyl groups is 1. The first kappa shape index (κ1) is 12.5. The molecule has 0 fully saturated rings. The van der Waals surface area contributed by atoms with E-state index in [0.29, 0.717) is 31.0 Å². The highest BCUT2D eigenvalue weighted by molar-refractivity contribution is 6.21. The van der Waals surface area contributed by atoms with Crippen LogP contribution in [0, 0.1) is 0 Å². The molecule has 0 aromatic carbocycles. The second-order valence-electron chi connectivity index (χ2n) is 3.59. The highest BCUT2D eigenvalue weighted by Gasteiger charge is 2.24. The Morgan fingerprint density at radius 2 is 2.12 bits per heavy atom. The first-order chi connectivity index (χ1) is 7.61. The number of hydrogen-bond donors (Lipinski definition) is 2. The van der Waals surface area contributed by atoms with Crippen molar-refractivity contribution in [3.63, 3.8) is 0 Å². The fourth-order valence-electron chi connectivity index (χ4n) is 1.66. The maximum absolute atomic E-state index is 12.1. The van der Waals surface area contributed by atoms with Crippen LogP contribution in [0.2, 0.25) is 0 Å². The van der Waals surface area contributed by atoms with E-state index in [-0.39, 0.29) is 11.7 Å². The summed E-state index contributed by atoms with van der Waals surface area (Å²) in [7, 11) is 0. The molecule has 0 bridgehead atoms. The predicted molar refractivity (Wildman–Crippen MR) is 63.6 cm³/mol. The third kappa shape index (κ3) is 2.53. The van der Waals surface area contributed by atoms with Crippen molar-refractivity contribution in [2.45, 2.75) is 20.8 Å². The standard InChI is InChI=1S/C11H19N3O2/c1-4-14(5-2)11(16)9(8(3)15)10-12-6-7-13-10/h15H,4-7H2,1-3H3,(H,12,13)/b9-8-. The highest BCUT2D eigenvalue weighted by atomic mass is 16.3. The summed E-state index contributed by atoms with van der Waals surface area (Å²) in [5.41, 5.74) is 0.293. The number of aliphatic imine (C=N–C) groups is 1. The summed E-state index contributed by atoms with van der Waals surface area (Å²) >= 11 is 0. The second kappa shape index (κ2) is 5.53. The molecule has 0 aliphatic carbocycles. The van der Waals surface area contributed by atoms with Crippen LogP contribution in [0.25, 0.3) is 0 Å². The number of rotatable bonds is 4. The molecule has 0 saturated heterocycles. The molecule has 1 aliphatic heterocycles. The van der Waals surface area contributed by atoms with E-state index >= 15 is 0 Å². The van der Waals surface area contributed by atoms with Crippen LogP contribution in [0.1, 0.15) is 20.8 Å². The van der Waals surface area contributed by atoms with Gasteiger partial charge < -0.3 is 15.3 Å². The molecule has 0 atom stereocenters. The van der Waals surface area contributed by atoms with E-state index in [9.17, 15) is 9.90 Å². The van der Waals surface area contributed by atoms with Crippen molar-refractivity contribution in [3.8, 4) is 0 Å². The van der Waals surface area contributed by atoms with Gasteiger partial charge in [-0.15, -0.1) is 0 Å². The van der Waals surface area contributed by atoms with Crippen LogP contribution in [0.4, 0.5) is 0 Å². The van der Waals surface area contributed by atoms with Gasteiger partial charge in [0.05, 0.1) is 6.54 Å². The highest BCUT2D eigenvalue weighted by Crippen LogP contribution is 2.10. The third-order valence-corrected chi connectivity index (χ3v) is 2.54. The number of nitrogens with zero attached hydrogens (tertiary/aromatic N) is 2. The van der Waals surface area contributed by atoms with Crippen LogP contribution in [0.5, 0.6) is 0 Å². The van der Waals surface area contributed by atoms with E-state index in [4.69, 9.17) is 0 Å². The summed E-state index contributed by atoms with van der Waals surface area (Å²) in [6.07, 6.45) is 0. The van der Waals surface area contributed by atoms with Gasteiger partial charge in [-0.25, -0.2) is 0 Å². The maximum atomic E-state index is 12.1. The van der Waals surface area contributed by atoms with Crippen LogP contribution in [-0.2, 0) is 4.79 Å². The number of amides is 1. The zero-order valence-corrected chi connectivity index (χ0v) is 10.1. The smallest absolute Gasteiger partial charge is 0.260 e. The number of allylic oxidation sites excluding steroid dienone is 1. The van der Waals surface area contributed by atoms with Crippen LogP contribution >= 0.6 is 0 Å². The van der Waals surface area contributed by atoms with Crippen LogP contribution in [-0.4, -0.2) is 47.9 Å². The SMILES string of the molecule is CCN(CC)C(=O)/C(C1=NCCN1)=C(/C)O. The maximum Gasteiger partial charge on any atom is 0.260 e. The number of carbonyl (C=O) groups excluding carboxylic acids is 1. The molecule has 0 unspecified atom stereocenters. The second-order valence-corrected chi connectivity index (χ2v) is 3.59. The quantitative estimate of drug-likeness (QED) is 0.546. The topological polar surface area (TPSA) is 64.9 Å². The van der Waals surface area contributed by atoms with Gasteiger partial charge in [0.1, 0.15) is 17.2 Å². The third-order valence-electron chi connectivity index (χ3n) is 2.54. The van der Waals surface area contributed by atoms with E-state index in [1.165, 1.54) is 6.92 Å². The Balaban J connectivity index is 2.96. The number of nitrogens with one attached hydrogen (secondary N) is 1. The number of aliphatic hydroxyl groups excluding tert-OH is 1. The molecule has 0 aromatic heterocycles. The Bertz CT molecular complexity index is 326. The van der Waals surface area contributed by atoms with Crippen LogP contribution in [0.3, 0.4) is 0 Å². The molecule has 2 N–H and O–H groups in total. The van der Waals surface area contributed by atoms with Crippen molar-refractivity contribution in [2.75, 3.05) is 26.2 Å². The van der Waals surface area contributed by atoms with E-state index in [2.05, 4.69) is 10.3 Å². The average Bonchev–Trinajstić information content (AvgIpc) is 2.72. The van der Waals surface area contributed by atoms with E-state index < -0.39 is 0 Å². The van der Waals surface area contributed by atoms with Crippen LogP contribution in [0.15, 0.2) is 16.3 Å². The summed E-state index contributed by atoms with van der Waals surface area (Å²) in [4.78, 5) is 18.0. The number of amidine groups is 1. The Labute approximate surface area is 95.9 Å². The molecule has 90 valence electrons. The Morgan fingerprint density at radius 1 is 1.50 bits per heavy atom. The molecule has 5 nitrogen and oxygen atoms in total. The molecule has 1 heterocycles. The Kier molecular flexibility index (Phi) is 4.34. The molecular weight excluding hydrogens is 206 g/mol. The largest absolute Gasteiger partial charge is 0.512 e. The minimum absolute atomic E-state index is 0.0186.